The van der Waals surface area contributed by atoms with Gasteiger partial charge in [-0.3, -0.25) is 0 Å². The number of thiophene rings is 1. The Balaban J connectivity index is 1.86. The average molecular weight is 300 g/mol. The van der Waals surface area contributed by atoms with Crippen LogP contribution in [0, 0.1) is 0 Å². The lowest BCUT2D eigenvalue weighted by molar-refractivity contribution is 0.319. The lowest BCUT2D eigenvalue weighted by atomic mass is 10.0. The number of sulfonamides is 1. The summed E-state index contributed by atoms with van der Waals surface area (Å²) in [7, 11) is -3.16. The fraction of sp³-hybridized carbons (Fsp3) is 0.692. The van der Waals surface area contributed by atoms with Crippen molar-refractivity contribution in [2.45, 2.75) is 37.5 Å². The number of hydrogen-bond acceptors (Lipinski definition) is 4. The minimum atomic E-state index is -3.16. The predicted octanol–water partition coefficient (Wildman–Crippen LogP) is 1.75. The van der Waals surface area contributed by atoms with Gasteiger partial charge in [0.25, 0.3) is 0 Å². The van der Waals surface area contributed by atoms with Gasteiger partial charge < -0.3 is 5.32 Å². The third kappa shape index (κ3) is 2.35. The first-order valence-electron chi connectivity index (χ1n) is 6.88. The van der Waals surface area contributed by atoms with Gasteiger partial charge in [-0.1, -0.05) is 0 Å². The van der Waals surface area contributed by atoms with Crippen molar-refractivity contribution in [3.63, 3.8) is 0 Å². The number of fused-ring (bicyclic) bond motifs is 1. The molecule has 19 heavy (non-hydrogen) atoms. The van der Waals surface area contributed by atoms with Crippen LogP contribution in [-0.4, -0.2) is 37.6 Å². The SMILES string of the molecule is CC1c2ccsc2CCN1S(=O)(=O)C1CCNCC1. The molecule has 1 saturated heterocycles. The summed E-state index contributed by atoms with van der Waals surface area (Å²) >= 11 is 1.75. The van der Waals surface area contributed by atoms with Gasteiger partial charge in [0, 0.05) is 17.5 Å². The number of rotatable bonds is 2. The molecule has 0 amide bonds. The zero-order valence-corrected chi connectivity index (χ0v) is 12.8. The van der Waals surface area contributed by atoms with Gasteiger partial charge in [0.05, 0.1) is 5.25 Å². The highest BCUT2D eigenvalue weighted by Crippen LogP contribution is 2.36. The number of nitrogens with zero attached hydrogens (tertiary/aromatic N) is 1. The Kier molecular flexibility index (Phi) is 3.68. The highest BCUT2D eigenvalue weighted by Gasteiger charge is 2.38. The summed E-state index contributed by atoms with van der Waals surface area (Å²) in [5.74, 6) is 0. The van der Waals surface area contributed by atoms with Gasteiger partial charge in [-0.15, -0.1) is 11.3 Å². The van der Waals surface area contributed by atoms with Crippen molar-refractivity contribution in [3.8, 4) is 0 Å². The number of nitrogens with one attached hydrogen (secondary N) is 1. The second kappa shape index (κ2) is 5.16. The smallest absolute Gasteiger partial charge is 0.217 e. The Bertz CT molecular complexity index is 547. The van der Waals surface area contributed by atoms with E-state index in [1.54, 1.807) is 15.6 Å². The average Bonchev–Trinajstić information content (AvgIpc) is 2.89. The zero-order chi connectivity index (χ0) is 13.5. The third-order valence-electron chi connectivity index (χ3n) is 4.26. The fourth-order valence-corrected chi connectivity index (χ4v) is 6.20. The van der Waals surface area contributed by atoms with Gasteiger partial charge >= 0.3 is 0 Å². The van der Waals surface area contributed by atoms with Crippen molar-refractivity contribution in [2.24, 2.45) is 0 Å². The maximum Gasteiger partial charge on any atom is 0.217 e. The first-order valence-corrected chi connectivity index (χ1v) is 9.26. The molecule has 0 bridgehead atoms. The van der Waals surface area contributed by atoms with Crippen molar-refractivity contribution >= 4 is 21.4 Å². The van der Waals surface area contributed by atoms with Gasteiger partial charge in [0.15, 0.2) is 0 Å². The van der Waals surface area contributed by atoms with E-state index >= 15 is 0 Å². The standard InChI is InChI=1S/C13H20N2O2S2/c1-10-12-5-9-18-13(12)4-8-15(10)19(16,17)11-2-6-14-7-3-11/h5,9-11,14H,2-4,6-8H2,1H3. The Morgan fingerprint density at radius 3 is 2.84 bits per heavy atom. The van der Waals surface area contributed by atoms with Crippen LogP contribution in [0.5, 0.6) is 0 Å². The molecule has 106 valence electrons. The fourth-order valence-electron chi connectivity index (χ4n) is 3.12. The van der Waals surface area contributed by atoms with Crippen LogP contribution in [0.4, 0.5) is 0 Å². The zero-order valence-electron chi connectivity index (χ0n) is 11.1. The quantitative estimate of drug-likeness (QED) is 0.905. The van der Waals surface area contributed by atoms with Crippen LogP contribution in [0.3, 0.4) is 0 Å². The van der Waals surface area contributed by atoms with Crippen LogP contribution in [-0.2, 0) is 16.4 Å². The van der Waals surface area contributed by atoms with Crippen molar-refractivity contribution in [3.05, 3.63) is 21.9 Å². The molecule has 1 unspecified atom stereocenters. The number of piperidine rings is 1. The molecule has 1 aromatic rings. The first-order chi connectivity index (χ1) is 9.10. The largest absolute Gasteiger partial charge is 0.317 e. The predicted molar refractivity (Wildman–Crippen MR) is 78.0 cm³/mol. The summed E-state index contributed by atoms with van der Waals surface area (Å²) < 4.78 is 27.3. The highest BCUT2D eigenvalue weighted by molar-refractivity contribution is 7.89. The topological polar surface area (TPSA) is 49.4 Å². The normalized spacial score (nSPS) is 26.3. The summed E-state index contributed by atoms with van der Waals surface area (Å²) in [4.78, 5) is 1.35. The number of hydrogen-bond donors (Lipinski definition) is 1. The van der Waals surface area contributed by atoms with E-state index in [-0.39, 0.29) is 11.3 Å². The molecular formula is C13H20N2O2S2. The van der Waals surface area contributed by atoms with Crippen LogP contribution >= 0.6 is 11.3 Å². The molecule has 3 rings (SSSR count). The van der Waals surface area contributed by atoms with E-state index < -0.39 is 10.0 Å². The monoisotopic (exact) mass is 300 g/mol. The second-order valence-corrected chi connectivity index (χ2v) is 8.50. The van der Waals surface area contributed by atoms with Gasteiger partial charge in [-0.05, 0) is 56.3 Å². The molecule has 2 aliphatic heterocycles. The van der Waals surface area contributed by atoms with Crippen LogP contribution in [0.15, 0.2) is 11.4 Å². The molecule has 0 radical (unpaired) electrons. The molecule has 0 aliphatic carbocycles. The van der Waals surface area contributed by atoms with Crippen molar-refractivity contribution in [1.82, 2.24) is 9.62 Å². The second-order valence-electron chi connectivity index (χ2n) is 5.33. The van der Waals surface area contributed by atoms with Crippen LogP contribution in [0.1, 0.15) is 36.2 Å². The molecular weight excluding hydrogens is 280 g/mol. The molecule has 0 saturated carbocycles. The summed E-state index contributed by atoms with van der Waals surface area (Å²) in [6.45, 7) is 4.29. The molecule has 1 fully saturated rings. The molecule has 4 nitrogen and oxygen atoms in total. The van der Waals surface area contributed by atoms with Crippen LogP contribution in [0.25, 0.3) is 0 Å². The van der Waals surface area contributed by atoms with E-state index in [2.05, 4.69) is 16.8 Å². The highest BCUT2D eigenvalue weighted by atomic mass is 32.2. The van der Waals surface area contributed by atoms with E-state index in [1.807, 2.05) is 6.92 Å². The van der Waals surface area contributed by atoms with Crippen molar-refractivity contribution in [1.29, 1.82) is 0 Å². The molecule has 0 spiro atoms. The Morgan fingerprint density at radius 2 is 2.11 bits per heavy atom. The summed E-state index contributed by atoms with van der Waals surface area (Å²) in [5.41, 5.74) is 1.20. The molecule has 1 atom stereocenters. The minimum Gasteiger partial charge on any atom is -0.317 e. The molecule has 1 aromatic heterocycles. The Morgan fingerprint density at radius 1 is 1.37 bits per heavy atom. The molecule has 6 heteroatoms. The Hall–Kier alpha value is -0.430. The first kappa shape index (κ1) is 13.5. The van der Waals surface area contributed by atoms with Crippen LogP contribution in [0.2, 0.25) is 0 Å². The minimum absolute atomic E-state index is 0.00474. The van der Waals surface area contributed by atoms with Gasteiger partial charge in [0.2, 0.25) is 10.0 Å². The van der Waals surface area contributed by atoms with E-state index in [9.17, 15) is 8.42 Å². The van der Waals surface area contributed by atoms with E-state index in [0.29, 0.717) is 6.54 Å². The maximum atomic E-state index is 12.8. The molecule has 3 heterocycles. The van der Waals surface area contributed by atoms with Crippen LogP contribution < -0.4 is 5.32 Å². The third-order valence-corrected chi connectivity index (χ3v) is 7.72. The van der Waals surface area contributed by atoms with Gasteiger partial charge in [-0.25, -0.2) is 8.42 Å². The van der Waals surface area contributed by atoms with Gasteiger partial charge in [0.1, 0.15) is 0 Å². The molecule has 1 N–H and O–H groups in total. The maximum absolute atomic E-state index is 12.8. The van der Waals surface area contributed by atoms with E-state index in [1.165, 1.54) is 10.4 Å². The molecule has 2 aliphatic rings. The summed E-state index contributed by atoms with van der Waals surface area (Å²) in [6, 6.07) is 2.07. The Labute approximate surface area is 118 Å². The van der Waals surface area contributed by atoms with E-state index in [4.69, 9.17) is 0 Å². The summed E-state index contributed by atoms with van der Waals surface area (Å²) in [6.07, 6.45) is 2.34. The lowest BCUT2D eigenvalue weighted by Crippen LogP contribution is -2.46. The lowest BCUT2D eigenvalue weighted by Gasteiger charge is -2.36. The van der Waals surface area contributed by atoms with Gasteiger partial charge in [-0.2, -0.15) is 4.31 Å². The summed E-state index contributed by atoms with van der Waals surface area (Å²) in [5, 5.41) is 5.10. The molecule has 0 aromatic carbocycles. The van der Waals surface area contributed by atoms with Crippen molar-refractivity contribution < 1.29 is 8.42 Å². The van der Waals surface area contributed by atoms with E-state index in [0.717, 1.165) is 32.4 Å². The van der Waals surface area contributed by atoms with Crippen molar-refractivity contribution in [2.75, 3.05) is 19.6 Å².